The molecule has 0 bridgehead atoms. The molecule has 1 aromatic heterocycles. The third-order valence-electron chi connectivity index (χ3n) is 7.54. The standard InChI is InChI=1S/C28H36N2O4S/c31-18-21-4-6-22(7-5-21)19-33-27-17-24(23-10-15-35-20-23)16-26(34-27)28(32)30-13-8-25(9-14-30)29-11-2-1-3-12-29/h4-7,10,15-16,20,24-25,27,31H,1-3,8-9,11-14,17-19H2/t24-,27+/m1/s1. The molecule has 0 unspecified atom stereocenters. The average molecular weight is 497 g/mol. The molecule has 2 saturated heterocycles. The van der Waals surface area contributed by atoms with E-state index in [0.29, 0.717) is 24.8 Å². The highest BCUT2D eigenvalue weighted by Crippen LogP contribution is 2.34. The number of ether oxygens (including phenoxy) is 2. The molecule has 0 aliphatic carbocycles. The third-order valence-corrected chi connectivity index (χ3v) is 8.24. The van der Waals surface area contributed by atoms with Gasteiger partial charge in [-0.1, -0.05) is 30.7 Å². The molecule has 6 nitrogen and oxygen atoms in total. The van der Waals surface area contributed by atoms with Gasteiger partial charge in [-0.3, -0.25) is 4.79 Å². The van der Waals surface area contributed by atoms with Crippen molar-refractivity contribution in [1.29, 1.82) is 0 Å². The summed E-state index contributed by atoms with van der Waals surface area (Å²) in [5.74, 6) is 0.508. The number of hydrogen-bond acceptors (Lipinski definition) is 6. The monoisotopic (exact) mass is 496 g/mol. The predicted octanol–water partition coefficient (Wildman–Crippen LogP) is 4.65. The number of rotatable bonds is 7. The first-order valence-electron chi connectivity index (χ1n) is 12.9. The number of aliphatic hydroxyl groups is 1. The molecule has 2 fully saturated rings. The lowest BCUT2D eigenvalue weighted by Crippen LogP contribution is -2.49. The van der Waals surface area contributed by atoms with Gasteiger partial charge in [-0.2, -0.15) is 11.3 Å². The quantitative estimate of drug-likeness (QED) is 0.605. The van der Waals surface area contributed by atoms with Crippen LogP contribution in [-0.4, -0.2) is 59.3 Å². The molecule has 0 radical (unpaired) electrons. The number of allylic oxidation sites excluding steroid dienone is 1. The molecule has 35 heavy (non-hydrogen) atoms. The summed E-state index contributed by atoms with van der Waals surface area (Å²) in [6, 6.07) is 10.4. The Morgan fingerprint density at radius 1 is 1.03 bits per heavy atom. The Bertz CT molecular complexity index is 977. The van der Waals surface area contributed by atoms with Gasteiger partial charge in [0.25, 0.3) is 5.91 Å². The van der Waals surface area contributed by atoms with E-state index in [0.717, 1.165) is 37.1 Å². The van der Waals surface area contributed by atoms with Crippen molar-refractivity contribution in [2.75, 3.05) is 26.2 Å². The van der Waals surface area contributed by atoms with E-state index in [1.807, 2.05) is 35.2 Å². The zero-order valence-electron chi connectivity index (χ0n) is 20.3. The molecule has 7 heteroatoms. The third kappa shape index (κ3) is 6.15. The van der Waals surface area contributed by atoms with Crippen molar-refractivity contribution in [2.24, 2.45) is 0 Å². The molecule has 1 aromatic carbocycles. The number of likely N-dealkylation sites (tertiary alicyclic amines) is 2. The number of piperidine rings is 2. The SMILES string of the molecule is O=C(C1=C[C@@H](c2ccsc2)C[C@@H](OCc2ccc(CO)cc2)O1)N1CCC(N2CCCCC2)CC1. The first-order chi connectivity index (χ1) is 17.2. The Hall–Kier alpha value is -2.19. The molecular weight excluding hydrogens is 460 g/mol. The molecule has 4 heterocycles. The summed E-state index contributed by atoms with van der Waals surface area (Å²) >= 11 is 1.67. The van der Waals surface area contributed by atoms with Crippen LogP contribution >= 0.6 is 11.3 Å². The van der Waals surface area contributed by atoms with Crippen LogP contribution in [0.3, 0.4) is 0 Å². The Kier molecular flexibility index (Phi) is 8.19. The van der Waals surface area contributed by atoms with E-state index in [1.54, 1.807) is 11.3 Å². The fourth-order valence-corrected chi connectivity index (χ4v) is 6.16. The molecule has 1 N–H and O–H groups in total. The van der Waals surface area contributed by atoms with Crippen molar-refractivity contribution in [2.45, 2.75) is 70.0 Å². The van der Waals surface area contributed by atoms with Gasteiger partial charge in [-0.15, -0.1) is 0 Å². The summed E-state index contributed by atoms with van der Waals surface area (Å²) in [7, 11) is 0. The van der Waals surface area contributed by atoms with Crippen molar-refractivity contribution in [3.63, 3.8) is 0 Å². The highest BCUT2D eigenvalue weighted by molar-refractivity contribution is 7.08. The first kappa shape index (κ1) is 24.5. The van der Waals surface area contributed by atoms with Gasteiger partial charge in [-0.25, -0.2) is 0 Å². The molecule has 0 saturated carbocycles. The van der Waals surface area contributed by atoms with Crippen LogP contribution in [0.25, 0.3) is 0 Å². The number of carbonyl (C=O) groups excluding carboxylic acids is 1. The highest BCUT2D eigenvalue weighted by Gasteiger charge is 2.34. The molecule has 0 spiro atoms. The van der Waals surface area contributed by atoms with E-state index in [-0.39, 0.29) is 18.4 Å². The summed E-state index contributed by atoms with van der Waals surface area (Å²) in [5, 5.41) is 13.5. The Labute approximate surface area is 212 Å². The minimum atomic E-state index is -0.479. The van der Waals surface area contributed by atoms with Crippen LogP contribution in [0.1, 0.15) is 61.1 Å². The number of thiophene rings is 1. The molecular formula is C28H36N2O4S. The predicted molar refractivity (Wildman–Crippen MR) is 137 cm³/mol. The number of amides is 1. The lowest BCUT2D eigenvalue weighted by atomic mass is 9.94. The molecule has 1 amide bonds. The molecule has 188 valence electrons. The molecule has 2 atom stereocenters. The van der Waals surface area contributed by atoms with Gasteiger partial charge in [0.2, 0.25) is 6.29 Å². The van der Waals surface area contributed by atoms with Gasteiger partial charge in [0.05, 0.1) is 13.2 Å². The van der Waals surface area contributed by atoms with Crippen LogP contribution in [0.2, 0.25) is 0 Å². The Morgan fingerprint density at radius 3 is 2.46 bits per heavy atom. The Morgan fingerprint density at radius 2 is 1.77 bits per heavy atom. The lowest BCUT2D eigenvalue weighted by molar-refractivity contribution is -0.157. The van der Waals surface area contributed by atoms with E-state index >= 15 is 0 Å². The summed E-state index contributed by atoms with van der Waals surface area (Å²) in [6.45, 7) is 4.41. The molecule has 2 aromatic rings. The largest absolute Gasteiger partial charge is 0.459 e. The van der Waals surface area contributed by atoms with Gasteiger partial charge < -0.3 is 24.4 Å². The average Bonchev–Trinajstić information content (AvgIpc) is 3.48. The molecule has 3 aliphatic heterocycles. The smallest absolute Gasteiger partial charge is 0.288 e. The zero-order valence-corrected chi connectivity index (χ0v) is 21.1. The van der Waals surface area contributed by atoms with E-state index < -0.39 is 6.29 Å². The second-order valence-corrected chi connectivity index (χ2v) is 10.7. The summed E-state index contributed by atoms with van der Waals surface area (Å²) in [5.41, 5.74) is 3.09. The maximum atomic E-state index is 13.5. The van der Waals surface area contributed by atoms with Gasteiger partial charge in [0.1, 0.15) is 0 Å². The van der Waals surface area contributed by atoms with Gasteiger partial charge >= 0.3 is 0 Å². The van der Waals surface area contributed by atoms with E-state index in [9.17, 15) is 9.90 Å². The van der Waals surface area contributed by atoms with Crippen LogP contribution in [0, 0.1) is 0 Å². The van der Waals surface area contributed by atoms with Crippen LogP contribution in [-0.2, 0) is 27.5 Å². The molecule has 5 rings (SSSR count). The number of carbonyl (C=O) groups is 1. The van der Waals surface area contributed by atoms with Gasteiger partial charge in [-0.05, 0) is 78.4 Å². The second kappa shape index (κ2) is 11.7. The van der Waals surface area contributed by atoms with Crippen molar-refractivity contribution in [3.8, 4) is 0 Å². The normalized spacial score (nSPS) is 24.1. The topological polar surface area (TPSA) is 62.2 Å². The van der Waals surface area contributed by atoms with E-state index in [2.05, 4.69) is 21.7 Å². The van der Waals surface area contributed by atoms with E-state index in [4.69, 9.17) is 9.47 Å². The van der Waals surface area contributed by atoms with Crippen molar-refractivity contribution < 1.29 is 19.4 Å². The van der Waals surface area contributed by atoms with Gasteiger partial charge in [0, 0.05) is 31.5 Å². The summed E-state index contributed by atoms with van der Waals surface area (Å²) in [4.78, 5) is 18.1. The fraction of sp³-hybridized carbons (Fsp3) is 0.536. The second-order valence-electron chi connectivity index (χ2n) is 9.88. The maximum absolute atomic E-state index is 13.5. The first-order valence-corrected chi connectivity index (χ1v) is 13.9. The van der Waals surface area contributed by atoms with Crippen LogP contribution in [0.15, 0.2) is 52.9 Å². The maximum Gasteiger partial charge on any atom is 0.288 e. The number of benzene rings is 1. The minimum Gasteiger partial charge on any atom is -0.459 e. The lowest BCUT2D eigenvalue weighted by Gasteiger charge is -2.40. The van der Waals surface area contributed by atoms with Crippen LogP contribution in [0.5, 0.6) is 0 Å². The fourth-order valence-electron chi connectivity index (χ4n) is 5.43. The van der Waals surface area contributed by atoms with Crippen molar-refractivity contribution in [3.05, 3.63) is 69.6 Å². The van der Waals surface area contributed by atoms with Crippen LogP contribution < -0.4 is 0 Å². The minimum absolute atomic E-state index is 0.0112. The number of nitrogens with zero attached hydrogens (tertiary/aromatic N) is 2. The van der Waals surface area contributed by atoms with Gasteiger partial charge in [0.15, 0.2) is 5.76 Å². The summed E-state index contributed by atoms with van der Waals surface area (Å²) in [6.07, 6.45) is 8.23. The number of aliphatic hydroxyl groups excluding tert-OH is 1. The molecule has 3 aliphatic rings. The Balaban J connectivity index is 1.22. The van der Waals surface area contributed by atoms with Crippen molar-refractivity contribution in [1.82, 2.24) is 9.80 Å². The highest BCUT2D eigenvalue weighted by atomic mass is 32.1. The van der Waals surface area contributed by atoms with Crippen molar-refractivity contribution >= 4 is 17.2 Å². The zero-order chi connectivity index (χ0) is 24.0. The number of hydrogen-bond donors (Lipinski definition) is 1. The summed E-state index contributed by atoms with van der Waals surface area (Å²) < 4.78 is 12.3. The van der Waals surface area contributed by atoms with Crippen LogP contribution in [0.4, 0.5) is 0 Å². The van der Waals surface area contributed by atoms with E-state index in [1.165, 1.54) is 37.9 Å².